The first-order chi connectivity index (χ1) is 10.3. The molecule has 2 rings (SSSR count). The monoisotopic (exact) mass is 291 g/mol. The number of anilines is 1. The van der Waals surface area contributed by atoms with Crippen molar-refractivity contribution >= 4 is 5.69 Å². The van der Waals surface area contributed by atoms with Crippen molar-refractivity contribution in [3.8, 4) is 0 Å². The molecule has 0 radical (unpaired) electrons. The van der Waals surface area contributed by atoms with Crippen molar-refractivity contribution in [2.45, 2.75) is 58.0 Å². The van der Waals surface area contributed by atoms with E-state index in [2.05, 4.69) is 41.2 Å². The summed E-state index contributed by atoms with van der Waals surface area (Å²) in [6, 6.07) is 4.87. The lowest BCUT2D eigenvalue weighted by atomic mass is 10.1. The molecule has 2 heterocycles. The third kappa shape index (κ3) is 4.17. The summed E-state index contributed by atoms with van der Waals surface area (Å²) >= 11 is 0. The molecule has 0 aromatic carbocycles. The van der Waals surface area contributed by atoms with Crippen molar-refractivity contribution in [2.75, 3.05) is 24.6 Å². The summed E-state index contributed by atoms with van der Waals surface area (Å²) in [7, 11) is 0. The van der Waals surface area contributed by atoms with E-state index in [0.717, 1.165) is 37.3 Å². The molecule has 1 fully saturated rings. The van der Waals surface area contributed by atoms with E-state index < -0.39 is 0 Å². The third-order valence-electron chi connectivity index (χ3n) is 4.41. The van der Waals surface area contributed by atoms with E-state index in [1.54, 1.807) is 0 Å². The molecule has 0 spiro atoms. The van der Waals surface area contributed by atoms with Gasteiger partial charge in [0.25, 0.3) is 0 Å². The predicted octanol–water partition coefficient (Wildman–Crippen LogP) is 2.88. The van der Waals surface area contributed by atoms with Gasteiger partial charge in [0.15, 0.2) is 0 Å². The molecule has 4 nitrogen and oxygen atoms in total. The summed E-state index contributed by atoms with van der Waals surface area (Å²) in [6.07, 6.45) is 7.77. The van der Waals surface area contributed by atoms with Crippen molar-refractivity contribution in [2.24, 2.45) is 0 Å². The zero-order chi connectivity index (χ0) is 15.1. The van der Waals surface area contributed by atoms with Gasteiger partial charge in [0.05, 0.1) is 30.2 Å². The average Bonchev–Trinajstić information content (AvgIpc) is 2.78. The minimum absolute atomic E-state index is 0.233. The van der Waals surface area contributed by atoms with Crippen LogP contribution in [0, 0.1) is 0 Å². The van der Waals surface area contributed by atoms with Gasteiger partial charge in [-0.1, -0.05) is 26.7 Å². The number of aromatic nitrogens is 1. The van der Waals surface area contributed by atoms with Crippen LogP contribution in [-0.2, 0) is 0 Å². The largest absolute Gasteiger partial charge is 0.394 e. The van der Waals surface area contributed by atoms with Gasteiger partial charge in [0.2, 0.25) is 0 Å². The SMILES string of the molecule is CCNC(CC)c1ccc(N2CCCCCC2CO)cn1. The first-order valence-corrected chi connectivity index (χ1v) is 8.37. The summed E-state index contributed by atoms with van der Waals surface area (Å²) in [5, 5.41) is 13.1. The molecule has 1 aliphatic heterocycles. The number of rotatable bonds is 6. The van der Waals surface area contributed by atoms with Gasteiger partial charge in [-0.15, -0.1) is 0 Å². The topological polar surface area (TPSA) is 48.4 Å². The number of pyridine rings is 1. The summed E-state index contributed by atoms with van der Waals surface area (Å²) in [5.74, 6) is 0. The van der Waals surface area contributed by atoms with Crippen molar-refractivity contribution in [1.82, 2.24) is 10.3 Å². The highest BCUT2D eigenvalue weighted by Crippen LogP contribution is 2.25. The van der Waals surface area contributed by atoms with E-state index in [1.807, 2.05) is 6.20 Å². The summed E-state index contributed by atoms with van der Waals surface area (Å²) in [6.45, 7) is 6.52. The van der Waals surface area contributed by atoms with Crippen LogP contribution in [0.15, 0.2) is 18.3 Å². The summed E-state index contributed by atoms with van der Waals surface area (Å²) in [5.41, 5.74) is 2.25. The van der Waals surface area contributed by atoms with Crippen LogP contribution in [0.25, 0.3) is 0 Å². The molecule has 0 saturated carbocycles. The van der Waals surface area contributed by atoms with Crippen LogP contribution in [0.1, 0.15) is 57.7 Å². The van der Waals surface area contributed by atoms with Gasteiger partial charge >= 0.3 is 0 Å². The van der Waals surface area contributed by atoms with Crippen LogP contribution < -0.4 is 10.2 Å². The molecule has 0 amide bonds. The maximum Gasteiger partial charge on any atom is 0.0635 e. The molecule has 1 aromatic rings. The summed E-state index contributed by atoms with van der Waals surface area (Å²) < 4.78 is 0. The molecule has 21 heavy (non-hydrogen) atoms. The number of hydrogen-bond donors (Lipinski definition) is 2. The second kappa shape index (κ2) is 8.35. The lowest BCUT2D eigenvalue weighted by molar-refractivity contribution is 0.255. The Balaban J connectivity index is 2.12. The highest BCUT2D eigenvalue weighted by molar-refractivity contribution is 5.46. The Morgan fingerprint density at radius 3 is 2.81 bits per heavy atom. The second-order valence-electron chi connectivity index (χ2n) is 5.84. The molecular weight excluding hydrogens is 262 g/mol. The number of aliphatic hydroxyl groups is 1. The normalized spacial score (nSPS) is 21.1. The Kier molecular flexibility index (Phi) is 6.46. The quantitative estimate of drug-likeness (QED) is 0.846. The van der Waals surface area contributed by atoms with Gasteiger partial charge in [-0.3, -0.25) is 4.98 Å². The first-order valence-electron chi connectivity index (χ1n) is 8.37. The Morgan fingerprint density at radius 1 is 1.33 bits per heavy atom. The lowest BCUT2D eigenvalue weighted by Crippen LogP contribution is -2.37. The Morgan fingerprint density at radius 2 is 2.19 bits per heavy atom. The average molecular weight is 291 g/mol. The molecule has 0 aliphatic carbocycles. The number of aliphatic hydroxyl groups excluding tert-OH is 1. The van der Waals surface area contributed by atoms with Crippen LogP contribution >= 0.6 is 0 Å². The molecule has 2 atom stereocenters. The van der Waals surface area contributed by atoms with Crippen LogP contribution in [0.2, 0.25) is 0 Å². The van der Waals surface area contributed by atoms with Crippen LogP contribution in [0.5, 0.6) is 0 Å². The van der Waals surface area contributed by atoms with Gasteiger partial charge in [-0.05, 0) is 37.9 Å². The molecule has 1 aromatic heterocycles. The zero-order valence-electron chi connectivity index (χ0n) is 13.4. The lowest BCUT2D eigenvalue weighted by Gasteiger charge is -2.30. The maximum atomic E-state index is 9.63. The van der Waals surface area contributed by atoms with Crippen molar-refractivity contribution in [1.29, 1.82) is 0 Å². The molecule has 0 bridgehead atoms. The zero-order valence-corrected chi connectivity index (χ0v) is 13.4. The van der Waals surface area contributed by atoms with Crippen LogP contribution in [0.4, 0.5) is 5.69 Å². The van der Waals surface area contributed by atoms with E-state index in [1.165, 1.54) is 19.3 Å². The predicted molar refractivity (Wildman–Crippen MR) is 87.6 cm³/mol. The minimum atomic E-state index is 0.233. The Bertz CT molecular complexity index is 407. The van der Waals surface area contributed by atoms with Gasteiger partial charge in [-0.25, -0.2) is 0 Å². The third-order valence-corrected chi connectivity index (χ3v) is 4.41. The van der Waals surface area contributed by atoms with Gasteiger partial charge in [-0.2, -0.15) is 0 Å². The molecule has 2 N–H and O–H groups in total. The standard InChI is InChI=1S/C17H29N3O/c1-3-16(18-4-2)17-10-9-14(12-19-17)20-11-7-5-6-8-15(20)13-21/h9-10,12,15-16,18,21H,3-8,11,13H2,1-2H3. The van der Waals surface area contributed by atoms with Crippen LogP contribution in [-0.4, -0.2) is 35.8 Å². The molecule has 4 heteroatoms. The van der Waals surface area contributed by atoms with Gasteiger partial charge in [0.1, 0.15) is 0 Å². The number of nitrogens with zero attached hydrogens (tertiary/aromatic N) is 2. The van der Waals surface area contributed by atoms with Gasteiger partial charge < -0.3 is 15.3 Å². The minimum Gasteiger partial charge on any atom is -0.394 e. The smallest absolute Gasteiger partial charge is 0.0635 e. The van der Waals surface area contributed by atoms with Gasteiger partial charge in [0, 0.05) is 12.6 Å². The number of hydrogen-bond acceptors (Lipinski definition) is 4. The molecule has 1 aliphatic rings. The molecule has 2 unspecified atom stereocenters. The highest BCUT2D eigenvalue weighted by atomic mass is 16.3. The first kappa shape index (κ1) is 16.2. The van der Waals surface area contributed by atoms with Crippen molar-refractivity contribution in [3.05, 3.63) is 24.0 Å². The fraction of sp³-hybridized carbons (Fsp3) is 0.706. The fourth-order valence-electron chi connectivity index (χ4n) is 3.19. The Hall–Kier alpha value is -1.13. The van der Waals surface area contributed by atoms with Crippen LogP contribution in [0.3, 0.4) is 0 Å². The van der Waals surface area contributed by atoms with E-state index in [0.29, 0.717) is 6.04 Å². The molecular formula is C17H29N3O. The fourth-order valence-corrected chi connectivity index (χ4v) is 3.19. The van der Waals surface area contributed by atoms with Crippen molar-refractivity contribution < 1.29 is 5.11 Å². The maximum absolute atomic E-state index is 9.63. The van der Waals surface area contributed by atoms with E-state index in [-0.39, 0.29) is 12.6 Å². The number of nitrogens with one attached hydrogen (secondary N) is 1. The molecule has 118 valence electrons. The second-order valence-corrected chi connectivity index (χ2v) is 5.84. The Labute approximate surface area is 128 Å². The van der Waals surface area contributed by atoms with E-state index in [4.69, 9.17) is 0 Å². The highest BCUT2D eigenvalue weighted by Gasteiger charge is 2.21. The van der Waals surface area contributed by atoms with Crippen molar-refractivity contribution in [3.63, 3.8) is 0 Å². The molecule has 1 saturated heterocycles. The summed E-state index contributed by atoms with van der Waals surface area (Å²) in [4.78, 5) is 6.99. The van der Waals surface area contributed by atoms with E-state index >= 15 is 0 Å². The van der Waals surface area contributed by atoms with E-state index in [9.17, 15) is 5.11 Å².